The van der Waals surface area contributed by atoms with E-state index in [0.29, 0.717) is 5.56 Å². The molecule has 0 spiro atoms. The summed E-state index contributed by atoms with van der Waals surface area (Å²) in [5, 5.41) is 16.8. The molecule has 3 N–H and O–H groups in total. The lowest BCUT2D eigenvalue weighted by Crippen LogP contribution is -2.52. The summed E-state index contributed by atoms with van der Waals surface area (Å²) in [6, 6.07) is 10.1. The van der Waals surface area contributed by atoms with Crippen molar-refractivity contribution in [3.05, 3.63) is 88.4 Å². The first-order valence-corrected chi connectivity index (χ1v) is 13.0. The number of hydrogen-bond donors (Lipinski definition) is 3. The Morgan fingerprint density at radius 1 is 1.13 bits per heavy atom. The SMILES string of the molecule is CC(C)(C)OC(=O)N[C@@H](Cc1cc(F)cc(F)c1)[C@H](O)CNC(C)(C)c1cccc(Br)c1.Cn1ccnc1. The number of hydrogen-bond acceptors (Lipinski definition) is 5. The van der Waals surface area contributed by atoms with Gasteiger partial charge in [0.1, 0.15) is 17.2 Å². The van der Waals surface area contributed by atoms with Crippen LogP contribution < -0.4 is 10.6 Å². The number of halogens is 3. The summed E-state index contributed by atoms with van der Waals surface area (Å²) in [6.07, 6.45) is 3.64. The highest BCUT2D eigenvalue weighted by Crippen LogP contribution is 2.23. The van der Waals surface area contributed by atoms with Gasteiger partial charge in [0.05, 0.1) is 18.5 Å². The van der Waals surface area contributed by atoms with Gasteiger partial charge in [-0.25, -0.2) is 18.6 Å². The molecule has 0 aliphatic carbocycles. The Bertz CT molecular complexity index is 1150. The Balaban J connectivity index is 0.000000739. The van der Waals surface area contributed by atoms with Crippen LogP contribution in [0.5, 0.6) is 0 Å². The minimum absolute atomic E-state index is 0.0219. The van der Waals surface area contributed by atoms with E-state index in [1.165, 1.54) is 12.1 Å². The van der Waals surface area contributed by atoms with Crippen LogP contribution in [0.2, 0.25) is 0 Å². The molecular weight excluding hydrogens is 558 g/mol. The van der Waals surface area contributed by atoms with Crippen molar-refractivity contribution in [2.24, 2.45) is 7.05 Å². The molecule has 0 saturated carbocycles. The third-order valence-electron chi connectivity index (χ3n) is 5.48. The summed E-state index contributed by atoms with van der Waals surface area (Å²) >= 11 is 3.46. The Morgan fingerprint density at radius 2 is 1.79 bits per heavy atom. The molecule has 0 radical (unpaired) electrons. The zero-order valence-electron chi connectivity index (χ0n) is 22.6. The Hall–Kier alpha value is -2.82. The van der Waals surface area contributed by atoms with E-state index in [4.69, 9.17) is 4.74 Å². The number of nitrogens with one attached hydrogen (secondary N) is 2. The Kier molecular flexibility index (Phi) is 11.4. The molecule has 7 nitrogen and oxygen atoms in total. The zero-order valence-corrected chi connectivity index (χ0v) is 24.2. The van der Waals surface area contributed by atoms with Crippen molar-refractivity contribution in [1.82, 2.24) is 20.2 Å². The van der Waals surface area contributed by atoms with Crippen LogP contribution in [0.3, 0.4) is 0 Å². The van der Waals surface area contributed by atoms with Gasteiger partial charge in [-0.15, -0.1) is 0 Å². The van der Waals surface area contributed by atoms with Crippen LogP contribution in [-0.2, 0) is 23.7 Å². The van der Waals surface area contributed by atoms with Crippen LogP contribution in [0.1, 0.15) is 45.7 Å². The number of rotatable bonds is 8. The van der Waals surface area contributed by atoms with E-state index >= 15 is 0 Å². The Morgan fingerprint density at radius 3 is 2.29 bits per heavy atom. The fourth-order valence-corrected chi connectivity index (χ4v) is 3.93. The predicted octanol–water partition coefficient (Wildman–Crippen LogP) is 5.47. The molecule has 2 atom stereocenters. The second-order valence-corrected chi connectivity index (χ2v) is 11.5. The van der Waals surface area contributed by atoms with E-state index < -0.39 is 41.0 Å². The normalized spacial score (nSPS) is 13.2. The minimum Gasteiger partial charge on any atom is -0.444 e. The fourth-order valence-electron chi connectivity index (χ4n) is 3.53. The second kappa shape index (κ2) is 13.8. The quantitative estimate of drug-likeness (QED) is 0.322. The van der Waals surface area contributed by atoms with Crippen molar-refractivity contribution in [3.8, 4) is 0 Å². The topological polar surface area (TPSA) is 88.4 Å². The summed E-state index contributed by atoms with van der Waals surface area (Å²) in [6.45, 7) is 9.24. The van der Waals surface area contributed by atoms with Crippen molar-refractivity contribution in [1.29, 1.82) is 0 Å². The van der Waals surface area contributed by atoms with Crippen LogP contribution in [0, 0.1) is 11.6 Å². The summed E-state index contributed by atoms with van der Waals surface area (Å²) in [7, 11) is 1.94. The summed E-state index contributed by atoms with van der Waals surface area (Å²) in [5.74, 6) is -1.45. The molecule has 1 aromatic heterocycles. The van der Waals surface area contributed by atoms with Gasteiger partial charge in [-0.2, -0.15) is 0 Å². The number of aliphatic hydroxyl groups excluding tert-OH is 1. The van der Waals surface area contributed by atoms with Gasteiger partial charge >= 0.3 is 6.09 Å². The predicted molar refractivity (Wildman–Crippen MR) is 148 cm³/mol. The number of carbonyl (C=O) groups is 1. The van der Waals surface area contributed by atoms with Gasteiger partial charge in [0.15, 0.2) is 0 Å². The molecule has 1 amide bonds. The lowest BCUT2D eigenvalue weighted by molar-refractivity contribution is 0.0415. The van der Waals surface area contributed by atoms with Crippen molar-refractivity contribution < 1.29 is 23.4 Å². The first-order valence-electron chi connectivity index (χ1n) is 12.2. The third-order valence-corrected chi connectivity index (χ3v) is 5.97. The zero-order chi connectivity index (χ0) is 28.5. The fraction of sp³-hybridized carbons (Fsp3) is 0.429. The van der Waals surface area contributed by atoms with Crippen molar-refractivity contribution >= 4 is 22.0 Å². The van der Waals surface area contributed by atoms with E-state index in [1.54, 1.807) is 33.3 Å². The van der Waals surface area contributed by atoms with Gasteiger partial charge in [-0.05, 0) is 76.4 Å². The molecule has 3 aromatic rings. The van der Waals surface area contributed by atoms with Gasteiger partial charge < -0.3 is 25.0 Å². The number of alkyl carbamates (subject to hydrolysis) is 1. The number of aliphatic hydroxyl groups is 1. The van der Waals surface area contributed by atoms with Crippen LogP contribution in [-0.4, -0.2) is 45.0 Å². The first kappa shape index (κ1) is 31.4. The molecular formula is C28H37BrF2N4O3. The molecule has 0 fully saturated rings. The number of aromatic nitrogens is 2. The average molecular weight is 596 g/mol. The highest BCUT2D eigenvalue weighted by molar-refractivity contribution is 9.10. The highest BCUT2D eigenvalue weighted by Gasteiger charge is 2.28. The maximum Gasteiger partial charge on any atom is 0.407 e. The number of imidazole rings is 1. The molecule has 1 heterocycles. The van der Waals surface area contributed by atoms with Crippen molar-refractivity contribution in [2.45, 2.75) is 64.3 Å². The number of amides is 1. The van der Waals surface area contributed by atoms with Gasteiger partial charge in [-0.3, -0.25) is 0 Å². The maximum absolute atomic E-state index is 13.7. The second-order valence-electron chi connectivity index (χ2n) is 10.5. The largest absolute Gasteiger partial charge is 0.444 e. The number of aryl methyl sites for hydroxylation is 1. The molecule has 2 aromatic carbocycles. The number of benzene rings is 2. The average Bonchev–Trinajstić information content (AvgIpc) is 3.26. The van der Waals surface area contributed by atoms with Gasteiger partial charge in [0.25, 0.3) is 0 Å². The van der Waals surface area contributed by atoms with E-state index in [9.17, 15) is 18.7 Å². The lowest BCUT2D eigenvalue weighted by Gasteiger charge is -2.32. The molecule has 0 bridgehead atoms. The Labute approximate surface area is 231 Å². The van der Waals surface area contributed by atoms with Crippen LogP contribution in [0.4, 0.5) is 13.6 Å². The van der Waals surface area contributed by atoms with Crippen molar-refractivity contribution in [3.63, 3.8) is 0 Å². The van der Waals surface area contributed by atoms with Gasteiger partial charge in [0.2, 0.25) is 0 Å². The van der Waals surface area contributed by atoms with Gasteiger partial charge in [-0.1, -0.05) is 28.1 Å². The molecule has 38 heavy (non-hydrogen) atoms. The van der Waals surface area contributed by atoms with E-state index in [1.807, 2.05) is 55.9 Å². The molecule has 3 rings (SSSR count). The molecule has 208 valence electrons. The molecule has 10 heteroatoms. The van der Waals surface area contributed by atoms with E-state index in [2.05, 4.69) is 31.5 Å². The van der Waals surface area contributed by atoms with Crippen LogP contribution >= 0.6 is 15.9 Å². The maximum atomic E-state index is 13.7. The number of nitrogens with zero attached hydrogens (tertiary/aromatic N) is 2. The summed E-state index contributed by atoms with van der Waals surface area (Å²) in [5.41, 5.74) is 0.106. The smallest absolute Gasteiger partial charge is 0.407 e. The first-order chi connectivity index (χ1) is 17.6. The van der Waals surface area contributed by atoms with E-state index in [-0.39, 0.29) is 13.0 Å². The molecule has 0 aliphatic heterocycles. The standard InChI is InChI=1S/C24H31BrF2N2O3.C4H6N2/c1-23(2,3)32-22(31)29-20(11-15-9-18(26)13-19(27)10-15)21(30)14-28-24(4,5)16-7-6-8-17(25)12-16;1-6-3-2-5-4-6/h6-10,12-13,20-21,28,30H,11,14H2,1-5H3,(H,29,31);2-4H,1H3/t20-,21+;/m0./s1. The molecule has 0 unspecified atom stereocenters. The minimum atomic E-state index is -1.06. The third kappa shape index (κ3) is 11.3. The molecule has 0 saturated heterocycles. The number of carbonyl (C=O) groups excluding carboxylic acids is 1. The highest BCUT2D eigenvalue weighted by atomic mass is 79.9. The monoisotopic (exact) mass is 594 g/mol. The summed E-state index contributed by atoms with van der Waals surface area (Å²) < 4.78 is 35.4. The lowest BCUT2D eigenvalue weighted by atomic mass is 9.93. The summed E-state index contributed by atoms with van der Waals surface area (Å²) in [4.78, 5) is 16.1. The van der Waals surface area contributed by atoms with Crippen LogP contribution in [0.15, 0.2) is 65.7 Å². The van der Waals surface area contributed by atoms with Crippen LogP contribution in [0.25, 0.3) is 0 Å². The van der Waals surface area contributed by atoms with Crippen molar-refractivity contribution in [2.75, 3.05) is 6.54 Å². The van der Waals surface area contributed by atoms with Gasteiger partial charge in [0, 0.05) is 42.1 Å². The van der Waals surface area contributed by atoms with E-state index in [0.717, 1.165) is 16.1 Å². The number of ether oxygens (including phenoxy) is 1. The molecule has 0 aliphatic rings.